The van der Waals surface area contributed by atoms with E-state index in [4.69, 9.17) is 16.3 Å². The third kappa shape index (κ3) is 5.46. The van der Waals surface area contributed by atoms with Crippen LogP contribution in [-0.2, 0) is 35.5 Å². The maximum absolute atomic E-state index is 13.2. The van der Waals surface area contributed by atoms with Crippen molar-refractivity contribution in [2.24, 2.45) is 5.92 Å². The van der Waals surface area contributed by atoms with E-state index in [2.05, 4.69) is 27.8 Å². The first-order valence-corrected chi connectivity index (χ1v) is 10.6. The highest BCUT2D eigenvalue weighted by Crippen LogP contribution is 2.19. The zero-order valence-corrected chi connectivity index (χ0v) is 17.5. The predicted octanol–water partition coefficient (Wildman–Crippen LogP) is 3.44. The normalized spacial score (nSPS) is 20.1. The highest BCUT2D eigenvalue weighted by molar-refractivity contribution is 6.30. The Labute approximate surface area is 181 Å². The van der Waals surface area contributed by atoms with Crippen molar-refractivity contribution in [3.05, 3.63) is 82.6 Å². The minimum absolute atomic E-state index is 0.0306. The summed E-state index contributed by atoms with van der Waals surface area (Å²) in [6.45, 7) is 1.46. The molecule has 1 aliphatic rings. The molecule has 4 rings (SSSR count). The van der Waals surface area contributed by atoms with E-state index in [1.165, 1.54) is 5.56 Å². The second-order valence-corrected chi connectivity index (χ2v) is 8.11. The van der Waals surface area contributed by atoms with E-state index >= 15 is 0 Å². The molecule has 0 saturated carbocycles. The van der Waals surface area contributed by atoms with Gasteiger partial charge in [-0.1, -0.05) is 59.3 Å². The van der Waals surface area contributed by atoms with Gasteiger partial charge in [-0.3, -0.25) is 4.79 Å². The topological polar surface area (TPSA) is 69.0 Å². The van der Waals surface area contributed by atoms with Crippen molar-refractivity contribution in [1.29, 1.82) is 0 Å². The molecule has 0 bridgehead atoms. The van der Waals surface area contributed by atoms with Gasteiger partial charge >= 0.3 is 0 Å². The molecular weight excluding hydrogens is 400 g/mol. The van der Waals surface area contributed by atoms with Crippen molar-refractivity contribution in [2.75, 3.05) is 6.61 Å². The van der Waals surface area contributed by atoms with E-state index in [-0.39, 0.29) is 17.9 Å². The van der Waals surface area contributed by atoms with Crippen LogP contribution < -0.4 is 5.32 Å². The van der Waals surface area contributed by atoms with Gasteiger partial charge in [-0.05, 0) is 42.5 Å². The Balaban J connectivity index is 1.55. The van der Waals surface area contributed by atoms with Crippen molar-refractivity contribution < 1.29 is 9.53 Å². The summed E-state index contributed by atoms with van der Waals surface area (Å²) in [6.07, 6.45) is 3.72. The lowest BCUT2D eigenvalue weighted by molar-refractivity contribution is -0.126. The van der Waals surface area contributed by atoms with Gasteiger partial charge in [0.1, 0.15) is 0 Å². The molecular formula is C23H25ClN4O2. The number of benzene rings is 2. The second-order valence-electron chi connectivity index (χ2n) is 7.68. The first-order chi connectivity index (χ1) is 14.7. The molecule has 1 aliphatic heterocycles. The average molecular weight is 425 g/mol. The van der Waals surface area contributed by atoms with Crippen LogP contribution in [0.2, 0.25) is 5.02 Å². The number of aryl methyl sites for hydroxylation is 1. The van der Waals surface area contributed by atoms with Crippen LogP contribution in [0, 0.1) is 5.92 Å². The third-order valence-corrected chi connectivity index (χ3v) is 5.60. The van der Waals surface area contributed by atoms with Crippen LogP contribution in [0.15, 0.2) is 60.8 Å². The number of rotatable bonds is 4. The Morgan fingerprint density at radius 2 is 1.93 bits per heavy atom. The van der Waals surface area contributed by atoms with E-state index < -0.39 is 0 Å². The lowest BCUT2D eigenvalue weighted by Gasteiger charge is -2.22. The maximum atomic E-state index is 13.2. The molecule has 2 heterocycles. The molecule has 3 aromatic rings. The minimum atomic E-state index is -0.197. The molecule has 0 fully saturated rings. The average Bonchev–Trinajstić information content (AvgIpc) is 3.18. The van der Waals surface area contributed by atoms with Gasteiger partial charge in [-0.2, -0.15) is 0 Å². The van der Waals surface area contributed by atoms with Crippen LogP contribution in [0.25, 0.3) is 0 Å². The summed E-state index contributed by atoms with van der Waals surface area (Å²) in [5.41, 5.74) is 3.14. The highest BCUT2D eigenvalue weighted by Gasteiger charge is 2.24. The Morgan fingerprint density at radius 1 is 1.10 bits per heavy atom. The van der Waals surface area contributed by atoms with E-state index in [1.807, 2.05) is 47.1 Å². The van der Waals surface area contributed by atoms with E-state index in [1.54, 1.807) is 6.20 Å². The summed E-state index contributed by atoms with van der Waals surface area (Å²) in [6, 6.07) is 17.7. The molecule has 0 aliphatic carbocycles. The number of carbonyl (C=O) groups is 1. The van der Waals surface area contributed by atoms with Crippen molar-refractivity contribution in [1.82, 2.24) is 20.3 Å². The Bertz CT molecular complexity index is 976. The number of carbonyl (C=O) groups excluding carboxylic acids is 1. The zero-order valence-electron chi connectivity index (χ0n) is 16.7. The fourth-order valence-electron chi connectivity index (χ4n) is 3.81. The van der Waals surface area contributed by atoms with Gasteiger partial charge < -0.3 is 10.1 Å². The number of nitrogens with one attached hydrogen (secondary N) is 1. The number of halogens is 1. The first kappa shape index (κ1) is 20.6. The number of fused-ring (bicyclic) bond motifs is 1. The van der Waals surface area contributed by atoms with Gasteiger partial charge in [-0.25, -0.2) is 4.68 Å². The summed E-state index contributed by atoms with van der Waals surface area (Å²) in [5.74, 6) is -0.167. The summed E-state index contributed by atoms with van der Waals surface area (Å²) >= 11 is 6.15. The molecule has 0 saturated heterocycles. The number of amides is 1. The Hall–Kier alpha value is -2.70. The predicted molar refractivity (Wildman–Crippen MR) is 115 cm³/mol. The lowest BCUT2D eigenvalue weighted by Crippen LogP contribution is -2.43. The van der Waals surface area contributed by atoms with Gasteiger partial charge in [0.15, 0.2) is 0 Å². The number of hydrogen-bond donors (Lipinski definition) is 1. The molecule has 0 radical (unpaired) electrons. The van der Waals surface area contributed by atoms with E-state index in [9.17, 15) is 4.79 Å². The number of aromatic nitrogens is 3. The fraction of sp³-hybridized carbons (Fsp3) is 0.348. The van der Waals surface area contributed by atoms with Crippen LogP contribution in [0.5, 0.6) is 0 Å². The fourth-order valence-corrected chi connectivity index (χ4v) is 4.02. The van der Waals surface area contributed by atoms with Crippen molar-refractivity contribution in [2.45, 2.75) is 38.5 Å². The zero-order chi connectivity index (χ0) is 20.8. The SMILES string of the molecule is O=C1N[C@H](Cc2ccccc2)COCc2cnnn2CC[C@@H]1Cc1cccc(Cl)c1. The Kier molecular flexibility index (Phi) is 6.77. The summed E-state index contributed by atoms with van der Waals surface area (Å²) in [5, 5.41) is 12.1. The first-order valence-electron chi connectivity index (χ1n) is 10.2. The standard InChI is InChI=1S/C23H25ClN4O2/c24-20-8-4-7-18(12-20)11-19-9-10-28-22(14-25-27-28)16-30-15-21(26-23(19)29)13-17-5-2-1-3-6-17/h1-8,12,14,19,21H,9-11,13,15-16H2,(H,26,29)/t19-,21-/m1/s1. The van der Waals surface area contributed by atoms with Crippen LogP contribution in [0.4, 0.5) is 0 Å². The summed E-state index contributed by atoms with van der Waals surface area (Å²) in [4.78, 5) is 13.2. The summed E-state index contributed by atoms with van der Waals surface area (Å²) in [7, 11) is 0. The van der Waals surface area contributed by atoms with Gasteiger partial charge in [0.25, 0.3) is 0 Å². The van der Waals surface area contributed by atoms with Gasteiger partial charge in [-0.15, -0.1) is 5.10 Å². The minimum Gasteiger partial charge on any atom is -0.373 e. The quantitative estimate of drug-likeness (QED) is 0.696. The van der Waals surface area contributed by atoms with E-state index in [0.717, 1.165) is 11.3 Å². The molecule has 30 heavy (non-hydrogen) atoms. The molecule has 1 aromatic heterocycles. The van der Waals surface area contributed by atoms with Crippen LogP contribution >= 0.6 is 11.6 Å². The maximum Gasteiger partial charge on any atom is 0.223 e. The van der Waals surface area contributed by atoms with Crippen molar-refractivity contribution >= 4 is 17.5 Å². The summed E-state index contributed by atoms with van der Waals surface area (Å²) < 4.78 is 7.75. The van der Waals surface area contributed by atoms with Crippen molar-refractivity contribution in [3.8, 4) is 0 Å². The van der Waals surface area contributed by atoms with Crippen molar-refractivity contribution in [3.63, 3.8) is 0 Å². The molecule has 156 valence electrons. The molecule has 6 nitrogen and oxygen atoms in total. The van der Waals surface area contributed by atoms with E-state index in [0.29, 0.717) is 44.0 Å². The number of hydrogen-bond acceptors (Lipinski definition) is 4. The van der Waals surface area contributed by atoms with Crippen LogP contribution in [0.3, 0.4) is 0 Å². The second kappa shape index (κ2) is 9.87. The molecule has 7 heteroatoms. The van der Waals surface area contributed by atoms with Crippen LogP contribution in [0.1, 0.15) is 23.2 Å². The largest absolute Gasteiger partial charge is 0.373 e. The third-order valence-electron chi connectivity index (χ3n) is 5.37. The van der Waals surface area contributed by atoms with Gasteiger partial charge in [0.2, 0.25) is 5.91 Å². The lowest BCUT2D eigenvalue weighted by atomic mass is 9.94. The number of ether oxygens (including phenoxy) is 1. The molecule has 1 N–H and O–H groups in total. The monoisotopic (exact) mass is 424 g/mol. The molecule has 0 unspecified atom stereocenters. The number of nitrogens with zero attached hydrogens (tertiary/aromatic N) is 3. The molecule has 2 aromatic carbocycles. The highest BCUT2D eigenvalue weighted by atomic mass is 35.5. The molecule has 1 amide bonds. The molecule has 2 atom stereocenters. The van der Waals surface area contributed by atoms with Crippen LogP contribution in [-0.4, -0.2) is 33.5 Å². The van der Waals surface area contributed by atoms with Gasteiger partial charge in [0.05, 0.1) is 31.1 Å². The molecule has 0 spiro atoms. The van der Waals surface area contributed by atoms with Gasteiger partial charge in [0, 0.05) is 17.5 Å². The smallest absolute Gasteiger partial charge is 0.223 e. The Morgan fingerprint density at radius 3 is 2.77 bits per heavy atom.